The highest BCUT2D eigenvalue weighted by Gasteiger charge is 2.38. The number of carbonyl (C=O) groups is 3. The standard InChI is InChI=1S/C25H22N4O2.2C2HF3O2/c30-24-9-6-18-14-21(7-8-23(18)28-24)27-25(31)19-4-5-20-15-29(12-10-17(20)13-19)16-22-3-1-2-11-26-22;2*3-2(4,5)1(6)7/h1-9,11,13-14H,10,12,15-16H2,(H,27,31)(H,28,30);2*(H,6,7). The van der Waals surface area contributed by atoms with Gasteiger partial charge in [-0.15, -0.1) is 0 Å². The van der Waals surface area contributed by atoms with Gasteiger partial charge in [-0.2, -0.15) is 26.3 Å². The molecule has 1 aliphatic heterocycles. The number of aliphatic carboxylic acids is 2. The average molecular weight is 639 g/mol. The highest BCUT2D eigenvalue weighted by atomic mass is 19.4. The Kier molecular flexibility index (Phi) is 11.0. The number of carboxylic acid groups (broad SMARTS) is 2. The number of aromatic nitrogens is 2. The predicted molar refractivity (Wildman–Crippen MR) is 148 cm³/mol. The van der Waals surface area contributed by atoms with Gasteiger partial charge in [-0.3, -0.25) is 19.5 Å². The smallest absolute Gasteiger partial charge is 0.475 e. The van der Waals surface area contributed by atoms with E-state index in [0.717, 1.165) is 42.7 Å². The molecule has 5 rings (SSSR count). The van der Waals surface area contributed by atoms with Crippen LogP contribution in [0, 0.1) is 0 Å². The number of pyridine rings is 2. The summed E-state index contributed by atoms with van der Waals surface area (Å²) in [4.78, 5) is 51.6. The van der Waals surface area contributed by atoms with Gasteiger partial charge in [-0.05, 0) is 66.1 Å². The van der Waals surface area contributed by atoms with Gasteiger partial charge in [0, 0.05) is 54.1 Å². The third kappa shape index (κ3) is 10.5. The summed E-state index contributed by atoms with van der Waals surface area (Å²) in [5.74, 6) is -5.65. The Balaban J connectivity index is 0.000000331. The third-order valence-electron chi connectivity index (χ3n) is 6.14. The van der Waals surface area contributed by atoms with Crippen molar-refractivity contribution < 1.29 is 50.9 Å². The van der Waals surface area contributed by atoms with Gasteiger partial charge in [0.25, 0.3) is 5.91 Å². The lowest BCUT2D eigenvalue weighted by molar-refractivity contribution is -0.193. The molecular weight excluding hydrogens is 614 g/mol. The molecule has 3 heterocycles. The molecule has 0 aliphatic carbocycles. The van der Waals surface area contributed by atoms with Gasteiger partial charge in [-0.1, -0.05) is 12.1 Å². The fourth-order valence-corrected chi connectivity index (χ4v) is 4.04. The first-order chi connectivity index (χ1) is 21.0. The minimum Gasteiger partial charge on any atom is -0.475 e. The number of carboxylic acids is 2. The number of H-pyrrole nitrogens is 1. The Bertz CT molecular complexity index is 1700. The number of rotatable bonds is 4. The summed E-state index contributed by atoms with van der Waals surface area (Å²) < 4.78 is 63.5. The van der Waals surface area contributed by atoms with Crippen molar-refractivity contribution in [2.45, 2.75) is 31.9 Å². The predicted octanol–water partition coefficient (Wildman–Crippen LogP) is 5.00. The average Bonchev–Trinajstić information content (AvgIpc) is 2.97. The molecule has 16 heteroatoms. The zero-order valence-electron chi connectivity index (χ0n) is 22.9. The maximum atomic E-state index is 12.8. The molecule has 0 radical (unpaired) electrons. The second kappa shape index (κ2) is 14.5. The Labute approximate surface area is 249 Å². The van der Waals surface area contributed by atoms with Crippen LogP contribution in [0.3, 0.4) is 0 Å². The van der Waals surface area contributed by atoms with Gasteiger partial charge in [0.05, 0.1) is 5.69 Å². The summed E-state index contributed by atoms with van der Waals surface area (Å²) in [6.07, 6.45) is -7.43. The number of alkyl halides is 6. The van der Waals surface area contributed by atoms with Gasteiger partial charge in [0.1, 0.15) is 0 Å². The quantitative estimate of drug-likeness (QED) is 0.228. The molecule has 45 heavy (non-hydrogen) atoms. The van der Waals surface area contributed by atoms with Crippen LogP contribution >= 0.6 is 0 Å². The van der Waals surface area contributed by atoms with Crippen molar-refractivity contribution in [1.29, 1.82) is 0 Å². The number of anilines is 1. The summed E-state index contributed by atoms with van der Waals surface area (Å²) in [5, 5.41) is 18.1. The molecule has 1 aliphatic rings. The molecule has 0 atom stereocenters. The highest BCUT2D eigenvalue weighted by molar-refractivity contribution is 6.05. The van der Waals surface area contributed by atoms with Crippen LogP contribution in [0.25, 0.3) is 10.9 Å². The number of hydrogen-bond acceptors (Lipinski definition) is 6. The summed E-state index contributed by atoms with van der Waals surface area (Å²) in [7, 11) is 0. The van der Waals surface area contributed by atoms with Crippen molar-refractivity contribution in [3.8, 4) is 0 Å². The Hall–Kier alpha value is -5.25. The van der Waals surface area contributed by atoms with E-state index >= 15 is 0 Å². The molecule has 238 valence electrons. The van der Waals surface area contributed by atoms with E-state index in [1.165, 1.54) is 17.2 Å². The van der Waals surface area contributed by atoms with E-state index in [1.807, 2.05) is 42.6 Å². The number of carbonyl (C=O) groups excluding carboxylic acids is 1. The van der Waals surface area contributed by atoms with Crippen molar-refractivity contribution in [1.82, 2.24) is 14.9 Å². The van der Waals surface area contributed by atoms with E-state index in [9.17, 15) is 35.9 Å². The first kappa shape index (κ1) is 34.2. The van der Waals surface area contributed by atoms with Gasteiger partial charge in [0.15, 0.2) is 0 Å². The number of nitrogens with one attached hydrogen (secondary N) is 2. The van der Waals surface area contributed by atoms with E-state index in [0.29, 0.717) is 11.3 Å². The molecule has 0 fully saturated rings. The molecule has 0 bridgehead atoms. The number of fused-ring (bicyclic) bond motifs is 2. The van der Waals surface area contributed by atoms with Gasteiger partial charge < -0.3 is 20.5 Å². The first-order valence-electron chi connectivity index (χ1n) is 12.8. The molecule has 0 saturated heterocycles. The molecular formula is C29H24F6N4O6. The van der Waals surface area contributed by atoms with Crippen LogP contribution in [-0.2, 0) is 29.1 Å². The Morgan fingerprint density at radius 1 is 0.867 bits per heavy atom. The molecule has 0 saturated carbocycles. The normalized spacial score (nSPS) is 12.9. The number of benzene rings is 2. The second-order valence-corrected chi connectivity index (χ2v) is 9.45. The number of amides is 1. The lowest BCUT2D eigenvalue weighted by Crippen LogP contribution is -2.30. The molecule has 4 N–H and O–H groups in total. The zero-order valence-corrected chi connectivity index (χ0v) is 22.9. The van der Waals surface area contributed by atoms with Crippen molar-refractivity contribution in [3.63, 3.8) is 0 Å². The number of nitrogens with zero attached hydrogens (tertiary/aromatic N) is 2. The molecule has 2 aromatic carbocycles. The van der Waals surface area contributed by atoms with E-state index in [2.05, 4.69) is 26.3 Å². The van der Waals surface area contributed by atoms with E-state index in [-0.39, 0.29) is 11.5 Å². The number of aromatic amines is 1. The SMILES string of the molecule is O=C(Nc1ccc2[nH]c(=O)ccc2c1)c1ccc2c(c1)CCN(Cc1ccccn1)C2.O=C(O)C(F)(F)F.O=C(O)C(F)(F)F. The zero-order chi connectivity index (χ0) is 33.4. The topological polar surface area (TPSA) is 153 Å². The van der Waals surface area contributed by atoms with Gasteiger partial charge in [-0.25, -0.2) is 9.59 Å². The minimum atomic E-state index is -5.08. The first-order valence-corrected chi connectivity index (χ1v) is 12.8. The van der Waals surface area contributed by atoms with Crippen molar-refractivity contribution in [2.75, 3.05) is 11.9 Å². The fraction of sp³-hybridized carbons (Fsp3) is 0.207. The molecule has 0 spiro atoms. The lowest BCUT2D eigenvalue weighted by Gasteiger charge is -2.28. The maximum Gasteiger partial charge on any atom is 0.490 e. The summed E-state index contributed by atoms with van der Waals surface area (Å²) in [6.45, 7) is 2.63. The van der Waals surface area contributed by atoms with Crippen LogP contribution in [-0.4, -0.2) is 61.8 Å². The van der Waals surface area contributed by atoms with Crippen molar-refractivity contribution >= 4 is 34.4 Å². The highest BCUT2D eigenvalue weighted by Crippen LogP contribution is 2.23. The molecule has 4 aromatic rings. The number of halogens is 6. The van der Waals surface area contributed by atoms with Crippen LogP contribution in [0.1, 0.15) is 27.2 Å². The lowest BCUT2D eigenvalue weighted by atomic mass is 9.97. The van der Waals surface area contributed by atoms with Crippen LogP contribution < -0.4 is 10.9 Å². The summed E-state index contributed by atoms with van der Waals surface area (Å²) >= 11 is 0. The minimum absolute atomic E-state index is 0.137. The number of hydrogen-bond donors (Lipinski definition) is 4. The van der Waals surface area contributed by atoms with Crippen LogP contribution in [0.5, 0.6) is 0 Å². The molecule has 1 amide bonds. The summed E-state index contributed by atoms with van der Waals surface area (Å²) in [5.41, 5.74) is 5.50. The van der Waals surface area contributed by atoms with Crippen LogP contribution in [0.15, 0.2) is 77.7 Å². The molecule has 0 unspecified atom stereocenters. The maximum absolute atomic E-state index is 12.8. The Morgan fingerprint density at radius 3 is 2.13 bits per heavy atom. The van der Waals surface area contributed by atoms with E-state index in [1.54, 1.807) is 18.2 Å². The second-order valence-electron chi connectivity index (χ2n) is 9.45. The van der Waals surface area contributed by atoms with Gasteiger partial charge in [0.2, 0.25) is 5.56 Å². The monoisotopic (exact) mass is 638 g/mol. The van der Waals surface area contributed by atoms with Crippen molar-refractivity contribution in [3.05, 3.63) is 106 Å². The largest absolute Gasteiger partial charge is 0.490 e. The van der Waals surface area contributed by atoms with Crippen LogP contribution in [0.2, 0.25) is 0 Å². The van der Waals surface area contributed by atoms with Crippen molar-refractivity contribution in [2.24, 2.45) is 0 Å². The third-order valence-corrected chi connectivity index (χ3v) is 6.14. The van der Waals surface area contributed by atoms with E-state index in [4.69, 9.17) is 19.8 Å². The molecule has 10 nitrogen and oxygen atoms in total. The van der Waals surface area contributed by atoms with Gasteiger partial charge >= 0.3 is 24.3 Å². The summed E-state index contributed by atoms with van der Waals surface area (Å²) in [6, 6.07) is 20.6. The Morgan fingerprint density at radius 2 is 1.53 bits per heavy atom. The van der Waals surface area contributed by atoms with E-state index < -0.39 is 24.3 Å². The molecule has 2 aromatic heterocycles. The van der Waals surface area contributed by atoms with Crippen LogP contribution in [0.4, 0.5) is 32.0 Å². The fourth-order valence-electron chi connectivity index (χ4n) is 4.04.